The van der Waals surface area contributed by atoms with Crippen LogP contribution in [0.1, 0.15) is 59.0 Å². The maximum absolute atomic E-state index is 12.8. The van der Waals surface area contributed by atoms with Crippen LogP contribution in [0, 0.1) is 5.92 Å². The predicted octanol–water partition coefficient (Wildman–Crippen LogP) is 3.40. The molecule has 0 spiro atoms. The number of carbonyl (C=O) groups excluding carboxylic acids is 2. The third kappa shape index (κ3) is 3.22. The molecule has 1 amide bonds. The summed E-state index contributed by atoms with van der Waals surface area (Å²) in [6.45, 7) is 4.80. The van der Waals surface area contributed by atoms with Crippen molar-refractivity contribution in [2.75, 3.05) is 31.1 Å². The van der Waals surface area contributed by atoms with E-state index in [2.05, 4.69) is 20.9 Å². The highest BCUT2D eigenvalue weighted by atomic mass is 16.5. The van der Waals surface area contributed by atoms with Gasteiger partial charge in [0.15, 0.2) is 17.4 Å². The number of fused-ring (bicyclic) bond motifs is 2. The molecule has 1 unspecified atom stereocenters. The Bertz CT molecular complexity index is 1000. The molecule has 7 nitrogen and oxygen atoms in total. The van der Waals surface area contributed by atoms with Crippen LogP contribution in [0.4, 0.5) is 11.5 Å². The van der Waals surface area contributed by atoms with Crippen LogP contribution in [0.15, 0.2) is 24.5 Å². The minimum absolute atomic E-state index is 0.0223. The van der Waals surface area contributed by atoms with Gasteiger partial charge in [-0.3, -0.25) is 14.6 Å². The van der Waals surface area contributed by atoms with Gasteiger partial charge >= 0.3 is 0 Å². The smallest absolute Gasteiger partial charge is 0.255 e. The molecule has 30 heavy (non-hydrogen) atoms. The molecular weight excluding hydrogens is 380 g/mol. The second-order valence-electron chi connectivity index (χ2n) is 8.27. The van der Waals surface area contributed by atoms with Gasteiger partial charge in [0.25, 0.3) is 5.91 Å². The molecule has 7 heteroatoms. The van der Waals surface area contributed by atoms with Crippen molar-refractivity contribution >= 4 is 23.2 Å². The molecule has 0 radical (unpaired) electrons. The quantitative estimate of drug-likeness (QED) is 0.778. The Morgan fingerprint density at radius 1 is 1.13 bits per heavy atom. The first-order valence-electron chi connectivity index (χ1n) is 10.9. The number of piperidine rings is 1. The molecule has 2 aliphatic heterocycles. The fourth-order valence-electron chi connectivity index (χ4n) is 4.65. The standard InChI is InChI=1S/C23H26N4O3/c1-2-15-10-16-11-18(14-24-20(16)21(15)28)27-8-9-30-19-12-17(13-25-22(19)27)23(29)26-6-4-3-5-7-26/h11-15H,2-10H2,1H3. The SMILES string of the molecule is CCC1Cc2cc(N3CCOc4cc(C(=O)N5CCCCC5)cnc43)cnc2C1=O. The van der Waals surface area contributed by atoms with Gasteiger partial charge in [-0.05, 0) is 49.8 Å². The van der Waals surface area contributed by atoms with Crippen LogP contribution in [0.3, 0.4) is 0 Å². The number of Topliss-reactive ketones (excluding diaryl/α,β-unsaturated/α-hetero) is 1. The van der Waals surface area contributed by atoms with E-state index in [1.165, 1.54) is 6.42 Å². The van der Waals surface area contributed by atoms with E-state index in [0.29, 0.717) is 36.0 Å². The van der Waals surface area contributed by atoms with Crippen LogP contribution < -0.4 is 9.64 Å². The first-order chi connectivity index (χ1) is 14.7. The molecule has 5 rings (SSSR count). The Labute approximate surface area is 176 Å². The molecule has 1 saturated heterocycles. The lowest BCUT2D eigenvalue weighted by Crippen LogP contribution is -2.36. The Balaban J connectivity index is 1.42. The fraction of sp³-hybridized carbons (Fsp3) is 0.478. The number of anilines is 2. The van der Waals surface area contributed by atoms with Crippen molar-refractivity contribution in [1.29, 1.82) is 0 Å². The number of nitrogens with zero attached hydrogens (tertiary/aromatic N) is 4. The summed E-state index contributed by atoms with van der Waals surface area (Å²) in [7, 11) is 0. The number of carbonyl (C=O) groups is 2. The molecule has 0 N–H and O–H groups in total. The highest BCUT2D eigenvalue weighted by Gasteiger charge is 2.32. The number of ether oxygens (including phenoxy) is 1. The number of hydrogen-bond acceptors (Lipinski definition) is 6. The summed E-state index contributed by atoms with van der Waals surface area (Å²) >= 11 is 0. The van der Waals surface area contributed by atoms with Gasteiger partial charge in [-0.2, -0.15) is 0 Å². The van der Waals surface area contributed by atoms with Crippen molar-refractivity contribution in [2.45, 2.75) is 39.0 Å². The van der Waals surface area contributed by atoms with Crippen LogP contribution >= 0.6 is 0 Å². The molecule has 3 aliphatic rings. The summed E-state index contributed by atoms with van der Waals surface area (Å²) in [5.41, 5.74) is 3.09. The van der Waals surface area contributed by atoms with Gasteiger partial charge in [-0.25, -0.2) is 4.98 Å². The highest BCUT2D eigenvalue weighted by Crippen LogP contribution is 2.37. The number of ketones is 1. The van der Waals surface area contributed by atoms with Gasteiger partial charge in [-0.1, -0.05) is 6.92 Å². The number of rotatable bonds is 3. The van der Waals surface area contributed by atoms with Crippen LogP contribution in [-0.2, 0) is 6.42 Å². The zero-order valence-corrected chi connectivity index (χ0v) is 17.3. The first kappa shape index (κ1) is 19.0. The van der Waals surface area contributed by atoms with Gasteiger partial charge in [0, 0.05) is 25.2 Å². The van der Waals surface area contributed by atoms with E-state index in [4.69, 9.17) is 4.74 Å². The van der Waals surface area contributed by atoms with Crippen molar-refractivity contribution in [1.82, 2.24) is 14.9 Å². The maximum atomic E-state index is 12.8. The Morgan fingerprint density at radius 2 is 1.97 bits per heavy atom. The van der Waals surface area contributed by atoms with Crippen LogP contribution in [0.2, 0.25) is 0 Å². The molecule has 0 bridgehead atoms. The van der Waals surface area contributed by atoms with Gasteiger partial charge in [0.05, 0.1) is 24.0 Å². The summed E-state index contributed by atoms with van der Waals surface area (Å²) in [6.07, 6.45) is 8.28. The van der Waals surface area contributed by atoms with Crippen molar-refractivity contribution in [3.63, 3.8) is 0 Å². The summed E-state index contributed by atoms with van der Waals surface area (Å²) < 4.78 is 5.85. The van der Waals surface area contributed by atoms with Gasteiger partial charge in [0.2, 0.25) is 0 Å². The Hall–Kier alpha value is -2.96. The van der Waals surface area contributed by atoms with E-state index in [-0.39, 0.29) is 17.6 Å². The molecular formula is C23H26N4O3. The third-order valence-corrected chi connectivity index (χ3v) is 6.38. The number of hydrogen-bond donors (Lipinski definition) is 0. The van der Waals surface area contributed by atoms with E-state index in [1.807, 2.05) is 17.9 Å². The molecule has 4 heterocycles. The number of likely N-dealkylation sites (tertiary alicyclic amines) is 1. The van der Waals surface area contributed by atoms with Crippen molar-refractivity contribution < 1.29 is 14.3 Å². The van der Waals surface area contributed by atoms with Crippen molar-refractivity contribution in [3.05, 3.63) is 41.3 Å². The average molecular weight is 406 g/mol. The molecule has 2 aromatic heterocycles. The van der Waals surface area contributed by atoms with Crippen LogP contribution in [-0.4, -0.2) is 52.8 Å². The zero-order valence-electron chi connectivity index (χ0n) is 17.3. The number of amides is 1. The second-order valence-corrected chi connectivity index (χ2v) is 8.27. The minimum Gasteiger partial charge on any atom is -0.488 e. The largest absolute Gasteiger partial charge is 0.488 e. The number of pyridine rings is 2. The maximum Gasteiger partial charge on any atom is 0.255 e. The normalized spacial score (nSPS) is 20.6. The zero-order chi connectivity index (χ0) is 20.7. The second kappa shape index (κ2) is 7.70. The average Bonchev–Trinajstić information content (AvgIpc) is 3.13. The molecule has 1 atom stereocenters. The third-order valence-electron chi connectivity index (χ3n) is 6.38. The molecule has 156 valence electrons. The van der Waals surface area contributed by atoms with Gasteiger partial charge in [0.1, 0.15) is 12.3 Å². The summed E-state index contributed by atoms with van der Waals surface area (Å²) in [6, 6.07) is 3.86. The highest BCUT2D eigenvalue weighted by molar-refractivity contribution is 6.00. The van der Waals surface area contributed by atoms with Crippen molar-refractivity contribution in [3.8, 4) is 5.75 Å². The van der Waals surface area contributed by atoms with Gasteiger partial charge in [-0.15, -0.1) is 0 Å². The monoisotopic (exact) mass is 406 g/mol. The predicted molar refractivity (Wildman–Crippen MR) is 113 cm³/mol. The first-order valence-corrected chi connectivity index (χ1v) is 10.9. The van der Waals surface area contributed by atoms with E-state index in [9.17, 15) is 9.59 Å². The van der Waals surface area contributed by atoms with Crippen molar-refractivity contribution in [2.24, 2.45) is 5.92 Å². The molecule has 2 aromatic rings. The topological polar surface area (TPSA) is 75.6 Å². The van der Waals surface area contributed by atoms with Gasteiger partial charge < -0.3 is 14.5 Å². The van der Waals surface area contributed by atoms with Crippen LogP contribution in [0.5, 0.6) is 5.75 Å². The van der Waals surface area contributed by atoms with E-state index < -0.39 is 0 Å². The molecule has 1 aliphatic carbocycles. The van der Waals surface area contributed by atoms with Crippen LogP contribution in [0.25, 0.3) is 0 Å². The Morgan fingerprint density at radius 3 is 2.77 bits per heavy atom. The van der Waals surface area contributed by atoms with E-state index >= 15 is 0 Å². The lowest BCUT2D eigenvalue weighted by molar-refractivity contribution is 0.0723. The summed E-state index contributed by atoms with van der Waals surface area (Å²) in [5, 5.41) is 0. The lowest BCUT2D eigenvalue weighted by Gasteiger charge is -2.31. The molecule has 0 aromatic carbocycles. The summed E-state index contributed by atoms with van der Waals surface area (Å²) in [4.78, 5) is 38.3. The lowest BCUT2D eigenvalue weighted by atomic mass is 10.0. The molecule has 0 saturated carbocycles. The fourth-order valence-corrected chi connectivity index (χ4v) is 4.65. The molecule has 1 fully saturated rings. The minimum atomic E-state index is 0.0223. The van der Waals surface area contributed by atoms with E-state index in [0.717, 1.165) is 50.0 Å². The number of aromatic nitrogens is 2. The Kier molecular flexibility index (Phi) is 4.89. The van der Waals surface area contributed by atoms with E-state index in [1.54, 1.807) is 12.4 Å². The summed E-state index contributed by atoms with van der Waals surface area (Å²) in [5.74, 6) is 1.53.